The lowest BCUT2D eigenvalue weighted by Gasteiger charge is -2.18. The van der Waals surface area contributed by atoms with E-state index in [2.05, 4.69) is 69.4 Å². The zero-order valence-electron chi connectivity index (χ0n) is 41.3. The molecule has 1 unspecified atom stereocenters. The molecule has 0 spiro atoms. The molecular weight excluding hydrogens is 781 g/mol. The number of ether oxygens (including phenoxy) is 3. The zero-order valence-corrected chi connectivity index (χ0v) is 41.3. The first kappa shape index (κ1) is 59.9. The maximum absolute atomic E-state index is 12.8. The topological polar surface area (TPSA) is 78.9 Å². The van der Waals surface area contributed by atoms with Gasteiger partial charge in [0.1, 0.15) is 13.2 Å². The van der Waals surface area contributed by atoms with Gasteiger partial charge < -0.3 is 14.2 Å². The van der Waals surface area contributed by atoms with E-state index in [4.69, 9.17) is 14.2 Å². The number of carbonyl (C=O) groups excluding carboxylic acids is 3. The number of carbonyl (C=O) groups is 3. The summed E-state index contributed by atoms with van der Waals surface area (Å²) in [6.07, 6.45) is 64.7. The van der Waals surface area contributed by atoms with Crippen LogP contribution in [-0.4, -0.2) is 37.2 Å². The molecule has 0 aromatic heterocycles. The van der Waals surface area contributed by atoms with Crippen molar-refractivity contribution in [2.45, 2.75) is 258 Å². The second kappa shape index (κ2) is 51.5. The molecule has 6 heteroatoms. The number of esters is 3. The highest BCUT2D eigenvalue weighted by molar-refractivity contribution is 5.71. The normalized spacial score (nSPS) is 12.6. The predicted molar refractivity (Wildman–Crippen MR) is 270 cm³/mol. The second-order valence-electron chi connectivity index (χ2n) is 17.6. The van der Waals surface area contributed by atoms with Crippen LogP contribution in [0.3, 0.4) is 0 Å². The van der Waals surface area contributed by atoms with E-state index in [1.54, 1.807) is 0 Å². The minimum Gasteiger partial charge on any atom is -0.462 e. The summed E-state index contributed by atoms with van der Waals surface area (Å²) in [4.78, 5) is 37.9. The smallest absolute Gasteiger partial charge is 0.306 e. The van der Waals surface area contributed by atoms with Gasteiger partial charge >= 0.3 is 17.9 Å². The Hall–Kier alpha value is -3.15. The van der Waals surface area contributed by atoms with E-state index in [-0.39, 0.29) is 31.1 Å². The van der Waals surface area contributed by atoms with Gasteiger partial charge in [0.2, 0.25) is 0 Å². The van der Waals surface area contributed by atoms with Crippen LogP contribution in [0, 0.1) is 0 Å². The monoisotopic (exact) mass is 879 g/mol. The van der Waals surface area contributed by atoms with Crippen molar-refractivity contribution in [3.63, 3.8) is 0 Å². The van der Waals surface area contributed by atoms with Gasteiger partial charge in [0.25, 0.3) is 0 Å². The molecule has 0 rings (SSSR count). The minimum atomic E-state index is -0.794. The van der Waals surface area contributed by atoms with Crippen LogP contribution in [0.2, 0.25) is 0 Å². The fourth-order valence-corrected chi connectivity index (χ4v) is 7.30. The van der Waals surface area contributed by atoms with Crippen molar-refractivity contribution in [1.29, 1.82) is 0 Å². The molecule has 362 valence electrons. The Morgan fingerprint density at radius 1 is 0.317 bits per heavy atom. The van der Waals surface area contributed by atoms with Crippen LogP contribution in [0.5, 0.6) is 0 Å². The summed E-state index contributed by atoms with van der Waals surface area (Å²) in [6, 6.07) is 0. The Labute approximate surface area is 389 Å². The van der Waals surface area contributed by atoms with Crippen molar-refractivity contribution in [2.75, 3.05) is 13.2 Å². The second-order valence-corrected chi connectivity index (χ2v) is 17.6. The SMILES string of the molecule is CCC\C=C/C=C\C=C/C=C\C=C/CCCCCCCC(=O)OCC(COC(=O)CCC/C=C\CCCCCC)OC(=O)CCCCCCCCCCCCCCCCCCCC. The fourth-order valence-electron chi connectivity index (χ4n) is 7.30. The van der Waals surface area contributed by atoms with Gasteiger partial charge in [-0.3, -0.25) is 14.4 Å². The van der Waals surface area contributed by atoms with E-state index >= 15 is 0 Å². The van der Waals surface area contributed by atoms with Crippen molar-refractivity contribution >= 4 is 17.9 Å². The number of hydrogen-bond acceptors (Lipinski definition) is 6. The number of hydrogen-bond donors (Lipinski definition) is 0. The standard InChI is InChI=1S/C57H98O6/c1-4-7-10-13-16-19-21-23-25-27-29-31-33-35-38-41-44-47-50-56(59)62-53-54(52-61-55(58)49-46-43-40-37-18-15-12-9-6-3)63-57(60)51-48-45-42-39-36-34-32-30-28-26-24-22-20-17-14-11-8-5-2/h10,13,16,19,21,23,25,27,29,31,37,40,54H,4-9,11-12,14-15,17-18,20,22,24,26,28,30,32-36,38-39,41-53H2,1-3H3/b13-10-,19-16-,23-21-,27-25-,31-29-,40-37-. The average molecular weight is 879 g/mol. The number of unbranched alkanes of at least 4 members (excludes halogenated alkanes) is 28. The Kier molecular flexibility index (Phi) is 48.9. The maximum Gasteiger partial charge on any atom is 0.306 e. The van der Waals surface area contributed by atoms with E-state index in [0.29, 0.717) is 25.7 Å². The summed E-state index contributed by atoms with van der Waals surface area (Å²) in [6.45, 7) is 6.48. The molecule has 0 aromatic carbocycles. The summed E-state index contributed by atoms with van der Waals surface area (Å²) < 4.78 is 16.7. The lowest BCUT2D eigenvalue weighted by Crippen LogP contribution is -2.30. The van der Waals surface area contributed by atoms with Gasteiger partial charge in [-0.15, -0.1) is 0 Å². The van der Waals surface area contributed by atoms with Gasteiger partial charge in [0, 0.05) is 19.3 Å². The van der Waals surface area contributed by atoms with Crippen LogP contribution in [0.4, 0.5) is 0 Å². The van der Waals surface area contributed by atoms with Gasteiger partial charge in [-0.2, -0.15) is 0 Å². The molecule has 0 radical (unpaired) electrons. The van der Waals surface area contributed by atoms with Crippen molar-refractivity contribution < 1.29 is 28.6 Å². The maximum atomic E-state index is 12.8. The summed E-state index contributed by atoms with van der Waals surface area (Å²) in [5.41, 5.74) is 0. The van der Waals surface area contributed by atoms with E-state index in [1.165, 1.54) is 128 Å². The fraction of sp³-hybridized carbons (Fsp3) is 0.737. The molecule has 6 nitrogen and oxygen atoms in total. The molecule has 0 N–H and O–H groups in total. The summed E-state index contributed by atoms with van der Waals surface area (Å²) in [5.74, 6) is -0.949. The molecular formula is C57H98O6. The molecule has 0 saturated heterocycles. The Morgan fingerprint density at radius 3 is 1.08 bits per heavy atom. The molecule has 0 saturated carbocycles. The van der Waals surface area contributed by atoms with Crippen molar-refractivity contribution in [2.24, 2.45) is 0 Å². The van der Waals surface area contributed by atoms with Crippen LogP contribution in [0.25, 0.3) is 0 Å². The first-order valence-electron chi connectivity index (χ1n) is 26.5. The molecule has 0 bridgehead atoms. The summed E-state index contributed by atoms with van der Waals surface area (Å²) >= 11 is 0. The number of rotatable bonds is 47. The zero-order chi connectivity index (χ0) is 45.8. The predicted octanol–water partition coefficient (Wildman–Crippen LogP) is 17.4. The molecule has 0 amide bonds. The van der Waals surface area contributed by atoms with Gasteiger partial charge in [-0.25, -0.2) is 0 Å². The molecule has 0 aromatic rings. The van der Waals surface area contributed by atoms with Crippen LogP contribution < -0.4 is 0 Å². The van der Waals surface area contributed by atoms with Crippen molar-refractivity contribution in [3.05, 3.63) is 72.9 Å². The van der Waals surface area contributed by atoms with Gasteiger partial charge in [0.05, 0.1) is 0 Å². The first-order chi connectivity index (χ1) is 31.0. The van der Waals surface area contributed by atoms with Crippen LogP contribution in [0.15, 0.2) is 72.9 Å². The number of allylic oxidation sites excluding steroid dienone is 12. The molecule has 0 heterocycles. The van der Waals surface area contributed by atoms with Gasteiger partial charge in [-0.05, 0) is 57.8 Å². The van der Waals surface area contributed by atoms with E-state index in [0.717, 1.165) is 77.0 Å². The highest BCUT2D eigenvalue weighted by Crippen LogP contribution is 2.16. The molecule has 0 aliphatic rings. The minimum absolute atomic E-state index is 0.0958. The quantitative estimate of drug-likeness (QED) is 0.0199. The lowest BCUT2D eigenvalue weighted by molar-refractivity contribution is -0.167. The average Bonchev–Trinajstić information content (AvgIpc) is 3.28. The van der Waals surface area contributed by atoms with Gasteiger partial charge in [-0.1, -0.05) is 248 Å². The Balaban J connectivity index is 4.37. The van der Waals surface area contributed by atoms with E-state index in [9.17, 15) is 14.4 Å². The molecule has 0 aliphatic heterocycles. The Bertz CT molecular complexity index is 1190. The van der Waals surface area contributed by atoms with E-state index < -0.39 is 6.10 Å². The van der Waals surface area contributed by atoms with Crippen LogP contribution in [0.1, 0.15) is 252 Å². The lowest BCUT2D eigenvalue weighted by atomic mass is 10.0. The Morgan fingerprint density at radius 2 is 0.635 bits per heavy atom. The third-order valence-electron chi connectivity index (χ3n) is 11.3. The van der Waals surface area contributed by atoms with Crippen LogP contribution in [-0.2, 0) is 28.6 Å². The highest BCUT2D eigenvalue weighted by Gasteiger charge is 2.19. The van der Waals surface area contributed by atoms with Crippen molar-refractivity contribution in [3.8, 4) is 0 Å². The molecule has 0 fully saturated rings. The van der Waals surface area contributed by atoms with E-state index in [1.807, 2.05) is 24.3 Å². The molecule has 0 aliphatic carbocycles. The molecule has 63 heavy (non-hydrogen) atoms. The first-order valence-corrected chi connectivity index (χ1v) is 26.5. The van der Waals surface area contributed by atoms with Crippen LogP contribution >= 0.6 is 0 Å². The largest absolute Gasteiger partial charge is 0.462 e. The van der Waals surface area contributed by atoms with Crippen molar-refractivity contribution in [1.82, 2.24) is 0 Å². The van der Waals surface area contributed by atoms with Gasteiger partial charge in [0.15, 0.2) is 6.10 Å². The third kappa shape index (κ3) is 49.7. The molecule has 1 atom stereocenters. The highest BCUT2D eigenvalue weighted by atomic mass is 16.6. The summed E-state index contributed by atoms with van der Waals surface area (Å²) in [5, 5.41) is 0. The third-order valence-corrected chi connectivity index (χ3v) is 11.3. The summed E-state index contributed by atoms with van der Waals surface area (Å²) in [7, 11) is 0.